The summed E-state index contributed by atoms with van der Waals surface area (Å²) >= 11 is 0. The molecule has 2 aromatic rings. The van der Waals surface area contributed by atoms with Gasteiger partial charge in [0.15, 0.2) is 17.3 Å². The van der Waals surface area contributed by atoms with Gasteiger partial charge in [0.2, 0.25) is 5.75 Å². The fourth-order valence-electron chi connectivity index (χ4n) is 4.45. The number of benzene rings is 2. The number of methoxy groups -OCH3 is 2. The molecule has 7 nitrogen and oxygen atoms in total. The Morgan fingerprint density at radius 3 is 2.25 bits per heavy atom. The lowest BCUT2D eigenvalue weighted by Gasteiger charge is -2.34. The van der Waals surface area contributed by atoms with Gasteiger partial charge in [-0.15, -0.1) is 0 Å². The largest absolute Gasteiger partial charge is 0.493 e. The summed E-state index contributed by atoms with van der Waals surface area (Å²) < 4.78 is 16.4. The van der Waals surface area contributed by atoms with Gasteiger partial charge in [0, 0.05) is 24.6 Å². The third-order valence-corrected chi connectivity index (χ3v) is 5.78. The number of anilines is 2. The lowest BCUT2D eigenvalue weighted by molar-refractivity contribution is -0.132. The Hall–Kier alpha value is -3.48. The van der Waals surface area contributed by atoms with Crippen molar-refractivity contribution in [2.24, 2.45) is 5.41 Å². The van der Waals surface area contributed by atoms with Gasteiger partial charge < -0.3 is 24.8 Å². The van der Waals surface area contributed by atoms with Crippen molar-refractivity contribution < 1.29 is 23.8 Å². The number of para-hydroxylation sites is 2. The van der Waals surface area contributed by atoms with Crippen LogP contribution in [0.15, 0.2) is 47.7 Å². The molecule has 0 amide bonds. The topological polar surface area (TPSA) is 85.9 Å². The number of esters is 1. The van der Waals surface area contributed by atoms with Crippen LogP contribution in [-0.2, 0) is 9.59 Å². The molecule has 0 spiro atoms. The highest BCUT2D eigenvalue weighted by molar-refractivity contribution is 6.01. The number of carbonyl (C=O) groups excluding carboxylic acids is 2. The molecule has 0 saturated carbocycles. The number of ether oxygens (including phenoxy) is 3. The van der Waals surface area contributed by atoms with Crippen LogP contribution in [0.3, 0.4) is 0 Å². The SMILES string of the molecule is COc1cc(C2Nc3ccccc3NC3=C2C(=O)CC(C)(C)C3)cc(OC)c1OC(C)=O. The maximum Gasteiger partial charge on any atom is 0.308 e. The maximum atomic E-state index is 13.4. The number of hydrogen-bond donors (Lipinski definition) is 2. The first-order chi connectivity index (χ1) is 15.2. The average Bonchev–Trinajstić information content (AvgIpc) is 2.89. The summed E-state index contributed by atoms with van der Waals surface area (Å²) in [6, 6.07) is 11.0. The fourth-order valence-corrected chi connectivity index (χ4v) is 4.45. The number of carbonyl (C=O) groups is 2. The molecule has 0 saturated heterocycles. The molecule has 1 aliphatic heterocycles. The second kappa shape index (κ2) is 8.22. The van der Waals surface area contributed by atoms with Crippen LogP contribution in [0.25, 0.3) is 0 Å². The second-order valence-electron chi connectivity index (χ2n) is 8.93. The minimum absolute atomic E-state index is 0.0936. The molecule has 2 aliphatic rings. The fraction of sp³-hybridized carbons (Fsp3) is 0.360. The van der Waals surface area contributed by atoms with E-state index in [0.717, 1.165) is 29.1 Å². The van der Waals surface area contributed by atoms with Crippen LogP contribution in [0, 0.1) is 5.41 Å². The van der Waals surface area contributed by atoms with Gasteiger partial charge in [0.1, 0.15) is 0 Å². The van der Waals surface area contributed by atoms with Gasteiger partial charge >= 0.3 is 5.97 Å². The van der Waals surface area contributed by atoms with Crippen molar-refractivity contribution in [3.63, 3.8) is 0 Å². The Labute approximate surface area is 187 Å². The summed E-state index contributed by atoms with van der Waals surface area (Å²) in [6.45, 7) is 5.53. The van der Waals surface area contributed by atoms with Crippen molar-refractivity contribution in [1.29, 1.82) is 0 Å². The van der Waals surface area contributed by atoms with E-state index in [9.17, 15) is 9.59 Å². The van der Waals surface area contributed by atoms with E-state index in [2.05, 4.69) is 24.5 Å². The van der Waals surface area contributed by atoms with Crippen molar-refractivity contribution >= 4 is 23.1 Å². The molecule has 0 bridgehead atoms. The Morgan fingerprint density at radius 1 is 1.03 bits per heavy atom. The number of ketones is 1. The molecule has 1 atom stereocenters. The Balaban J connectivity index is 1.90. The van der Waals surface area contributed by atoms with Crippen LogP contribution in [-0.4, -0.2) is 26.0 Å². The van der Waals surface area contributed by atoms with E-state index in [4.69, 9.17) is 14.2 Å². The highest BCUT2D eigenvalue weighted by atomic mass is 16.6. The van der Waals surface area contributed by atoms with Gasteiger partial charge in [0.25, 0.3) is 0 Å². The molecule has 1 heterocycles. The zero-order valence-corrected chi connectivity index (χ0v) is 19.0. The zero-order chi connectivity index (χ0) is 23.0. The van der Waals surface area contributed by atoms with E-state index in [-0.39, 0.29) is 16.9 Å². The van der Waals surface area contributed by atoms with Crippen molar-refractivity contribution in [2.75, 3.05) is 24.9 Å². The molecule has 0 radical (unpaired) electrons. The quantitative estimate of drug-likeness (QED) is 0.523. The molecule has 0 fully saturated rings. The third kappa shape index (κ3) is 4.02. The number of fused-ring (bicyclic) bond motifs is 1. The van der Waals surface area contributed by atoms with Gasteiger partial charge in [-0.2, -0.15) is 0 Å². The molecular formula is C25H28N2O5. The molecular weight excluding hydrogens is 408 g/mol. The molecule has 32 heavy (non-hydrogen) atoms. The van der Waals surface area contributed by atoms with Crippen LogP contribution >= 0.6 is 0 Å². The van der Waals surface area contributed by atoms with E-state index >= 15 is 0 Å². The number of nitrogens with one attached hydrogen (secondary N) is 2. The predicted molar refractivity (Wildman–Crippen MR) is 122 cm³/mol. The molecule has 7 heteroatoms. The maximum absolute atomic E-state index is 13.4. The normalized spacial score (nSPS) is 19.0. The van der Waals surface area contributed by atoms with Gasteiger partial charge in [-0.1, -0.05) is 26.0 Å². The highest BCUT2D eigenvalue weighted by Crippen LogP contribution is 2.48. The number of hydrogen-bond acceptors (Lipinski definition) is 7. The van der Waals surface area contributed by atoms with Crippen LogP contribution in [0.2, 0.25) is 0 Å². The van der Waals surface area contributed by atoms with Crippen molar-refractivity contribution in [2.45, 2.75) is 39.7 Å². The standard InChI is InChI=1S/C25H28N2O5/c1-14(28)32-24-20(30-4)10-15(11-21(24)31-5)23-22-18(12-25(2,3)13-19(22)29)26-16-8-6-7-9-17(16)27-23/h6-11,23,26-27H,12-13H2,1-5H3. The van der Waals surface area contributed by atoms with Crippen molar-refractivity contribution in [1.82, 2.24) is 0 Å². The molecule has 4 rings (SSSR count). The highest BCUT2D eigenvalue weighted by Gasteiger charge is 2.39. The number of Topliss-reactive ketones (excluding diaryl/α,β-unsaturated/α-hetero) is 1. The molecule has 1 aliphatic carbocycles. The van der Waals surface area contributed by atoms with Crippen LogP contribution in [0.4, 0.5) is 11.4 Å². The molecule has 1 unspecified atom stereocenters. The second-order valence-corrected chi connectivity index (χ2v) is 8.93. The predicted octanol–water partition coefficient (Wildman–Crippen LogP) is 4.85. The van der Waals surface area contributed by atoms with Crippen LogP contribution < -0.4 is 24.8 Å². The summed E-state index contributed by atoms with van der Waals surface area (Å²) in [7, 11) is 3.00. The van der Waals surface area contributed by atoms with Crippen molar-refractivity contribution in [3.05, 3.63) is 53.2 Å². The number of allylic oxidation sites excluding steroid dienone is 1. The summed E-state index contributed by atoms with van der Waals surface area (Å²) in [4.78, 5) is 25.0. The Kier molecular flexibility index (Phi) is 5.59. The van der Waals surface area contributed by atoms with Gasteiger partial charge in [0.05, 0.1) is 31.6 Å². The first kappa shape index (κ1) is 21.7. The van der Waals surface area contributed by atoms with Crippen LogP contribution in [0.5, 0.6) is 17.2 Å². The van der Waals surface area contributed by atoms with E-state index in [1.165, 1.54) is 21.1 Å². The monoisotopic (exact) mass is 436 g/mol. The van der Waals surface area contributed by atoms with E-state index in [1.807, 2.05) is 24.3 Å². The first-order valence-corrected chi connectivity index (χ1v) is 10.6. The molecule has 2 aromatic carbocycles. The van der Waals surface area contributed by atoms with E-state index in [0.29, 0.717) is 23.5 Å². The summed E-state index contributed by atoms with van der Waals surface area (Å²) in [5.41, 5.74) is 4.05. The van der Waals surface area contributed by atoms with Crippen LogP contribution in [0.1, 0.15) is 45.2 Å². The smallest absolute Gasteiger partial charge is 0.308 e. The minimum Gasteiger partial charge on any atom is -0.493 e. The van der Waals surface area contributed by atoms with Gasteiger partial charge in [-0.05, 0) is 41.7 Å². The third-order valence-electron chi connectivity index (χ3n) is 5.78. The first-order valence-electron chi connectivity index (χ1n) is 10.6. The van der Waals surface area contributed by atoms with E-state index in [1.54, 1.807) is 12.1 Å². The van der Waals surface area contributed by atoms with Gasteiger partial charge in [-0.25, -0.2) is 0 Å². The van der Waals surface area contributed by atoms with Crippen molar-refractivity contribution in [3.8, 4) is 17.2 Å². The average molecular weight is 437 g/mol. The lowest BCUT2D eigenvalue weighted by atomic mass is 9.73. The lowest BCUT2D eigenvalue weighted by Crippen LogP contribution is -2.31. The Bertz CT molecular complexity index is 1090. The Morgan fingerprint density at radius 2 is 1.66 bits per heavy atom. The summed E-state index contributed by atoms with van der Waals surface area (Å²) in [5.74, 6) is 0.537. The van der Waals surface area contributed by atoms with Gasteiger partial charge in [-0.3, -0.25) is 9.59 Å². The summed E-state index contributed by atoms with van der Waals surface area (Å²) in [5, 5.41) is 7.04. The molecule has 168 valence electrons. The zero-order valence-electron chi connectivity index (χ0n) is 19.0. The molecule has 0 aromatic heterocycles. The summed E-state index contributed by atoms with van der Waals surface area (Å²) in [6.07, 6.45) is 1.21. The number of rotatable bonds is 4. The molecule has 2 N–H and O–H groups in total. The van der Waals surface area contributed by atoms with E-state index < -0.39 is 12.0 Å². The minimum atomic E-state index is -0.477.